The first kappa shape index (κ1) is 18.1. The summed E-state index contributed by atoms with van der Waals surface area (Å²) in [5, 5.41) is 5.13. The van der Waals surface area contributed by atoms with Gasteiger partial charge in [0, 0.05) is 18.9 Å². The first-order valence-corrected chi connectivity index (χ1v) is 8.66. The van der Waals surface area contributed by atoms with E-state index in [1.807, 2.05) is 36.7 Å². The van der Waals surface area contributed by atoms with Crippen LogP contribution in [0.3, 0.4) is 0 Å². The lowest BCUT2D eigenvalue weighted by Gasteiger charge is -2.14. The smallest absolute Gasteiger partial charge is 0.321 e. The number of benzene rings is 1. The second-order valence-electron chi connectivity index (χ2n) is 5.48. The molecule has 0 aliphatic carbocycles. The second kappa shape index (κ2) is 8.01. The molecule has 1 aromatic carbocycles. The summed E-state index contributed by atoms with van der Waals surface area (Å²) in [5.41, 5.74) is 3.35. The van der Waals surface area contributed by atoms with Crippen molar-refractivity contribution in [1.82, 2.24) is 20.2 Å². The third kappa shape index (κ3) is 4.38. The molecule has 0 aliphatic heterocycles. The van der Waals surface area contributed by atoms with Crippen LogP contribution in [0.5, 0.6) is 0 Å². The van der Waals surface area contributed by atoms with Crippen molar-refractivity contribution in [2.45, 2.75) is 38.1 Å². The number of aromatic nitrogens is 2. The van der Waals surface area contributed by atoms with Crippen LogP contribution in [0, 0.1) is 13.8 Å². The van der Waals surface area contributed by atoms with Gasteiger partial charge in [0.25, 0.3) is 0 Å². The zero-order valence-corrected chi connectivity index (χ0v) is 15.1. The van der Waals surface area contributed by atoms with Crippen molar-refractivity contribution < 1.29 is 9.59 Å². The van der Waals surface area contributed by atoms with Crippen LogP contribution in [0.2, 0.25) is 0 Å². The Morgan fingerprint density at radius 1 is 1.33 bits per heavy atom. The third-order valence-electron chi connectivity index (χ3n) is 3.44. The second-order valence-corrected chi connectivity index (χ2v) is 6.79. The van der Waals surface area contributed by atoms with Gasteiger partial charge in [-0.2, -0.15) is 0 Å². The molecule has 128 valence electrons. The Morgan fingerprint density at radius 3 is 2.75 bits per heavy atom. The average molecular weight is 346 g/mol. The van der Waals surface area contributed by atoms with Crippen molar-refractivity contribution >= 4 is 23.7 Å². The summed E-state index contributed by atoms with van der Waals surface area (Å²) in [4.78, 5) is 27.9. The fraction of sp³-hybridized carbons (Fsp3) is 0.353. The van der Waals surface area contributed by atoms with Crippen LogP contribution in [0.25, 0.3) is 5.69 Å². The largest absolute Gasteiger partial charge is 0.338 e. The Balaban J connectivity index is 2.13. The van der Waals surface area contributed by atoms with E-state index >= 15 is 0 Å². The summed E-state index contributed by atoms with van der Waals surface area (Å²) in [7, 11) is 0. The molecule has 2 aromatic rings. The van der Waals surface area contributed by atoms with E-state index in [1.165, 1.54) is 17.3 Å². The van der Waals surface area contributed by atoms with Crippen molar-refractivity contribution in [3.63, 3.8) is 0 Å². The van der Waals surface area contributed by atoms with E-state index in [0.29, 0.717) is 11.7 Å². The maximum absolute atomic E-state index is 12.1. The van der Waals surface area contributed by atoms with Gasteiger partial charge in [-0.25, -0.2) is 9.78 Å². The van der Waals surface area contributed by atoms with Gasteiger partial charge in [-0.05, 0) is 39.3 Å². The minimum Gasteiger partial charge on any atom is -0.338 e. The van der Waals surface area contributed by atoms with Crippen LogP contribution in [0.1, 0.15) is 25.0 Å². The predicted octanol–water partition coefficient (Wildman–Crippen LogP) is 2.82. The van der Waals surface area contributed by atoms with E-state index < -0.39 is 11.3 Å². The summed E-state index contributed by atoms with van der Waals surface area (Å²) in [6, 6.07) is 5.71. The lowest BCUT2D eigenvalue weighted by Crippen LogP contribution is -2.42. The van der Waals surface area contributed by atoms with Crippen LogP contribution in [0.4, 0.5) is 4.79 Å². The molecule has 24 heavy (non-hydrogen) atoms. The molecule has 2 rings (SSSR count). The van der Waals surface area contributed by atoms with E-state index in [9.17, 15) is 9.59 Å². The predicted molar refractivity (Wildman–Crippen MR) is 95.6 cm³/mol. The van der Waals surface area contributed by atoms with Gasteiger partial charge in [-0.3, -0.25) is 14.7 Å². The van der Waals surface area contributed by atoms with Gasteiger partial charge < -0.3 is 5.32 Å². The number of aryl methyl sites for hydroxylation is 2. The first-order chi connectivity index (χ1) is 11.4. The molecule has 6 nitrogen and oxygen atoms in total. The number of carbonyl (C=O) groups is 2. The zero-order valence-electron chi connectivity index (χ0n) is 14.3. The van der Waals surface area contributed by atoms with Gasteiger partial charge >= 0.3 is 6.03 Å². The van der Waals surface area contributed by atoms with Crippen LogP contribution >= 0.6 is 11.8 Å². The highest BCUT2D eigenvalue weighted by molar-refractivity contribution is 8.00. The zero-order chi connectivity index (χ0) is 17.7. The van der Waals surface area contributed by atoms with Crippen LogP contribution in [0.15, 0.2) is 35.7 Å². The van der Waals surface area contributed by atoms with Crippen molar-refractivity contribution in [2.75, 3.05) is 6.54 Å². The number of nitrogens with one attached hydrogen (secondary N) is 2. The molecule has 1 heterocycles. The number of hydrogen-bond donors (Lipinski definition) is 2. The fourth-order valence-electron chi connectivity index (χ4n) is 2.27. The molecule has 7 heteroatoms. The minimum absolute atomic E-state index is 0.346. The summed E-state index contributed by atoms with van der Waals surface area (Å²) in [6.45, 7) is 8.11. The summed E-state index contributed by atoms with van der Waals surface area (Å²) in [6.07, 6.45) is 3.57. The highest BCUT2D eigenvalue weighted by atomic mass is 32.2. The number of hydrogen-bond acceptors (Lipinski definition) is 4. The number of urea groups is 1. The van der Waals surface area contributed by atoms with Crippen LogP contribution < -0.4 is 10.6 Å². The molecule has 1 atom stereocenters. The summed E-state index contributed by atoms with van der Waals surface area (Å²) in [5.74, 6) is -0.346. The molecule has 0 aliphatic rings. The summed E-state index contributed by atoms with van der Waals surface area (Å²) >= 11 is 1.31. The van der Waals surface area contributed by atoms with E-state index in [-0.39, 0.29) is 5.91 Å². The number of thioether (sulfide) groups is 1. The number of rotatable bonds is 5. The first-order valence-electron chi connectivity index (χ1n) is 7.78. The normalized spacial score (nSPS) is 11.8. The number of imidazole rings is 1. The molecule has 0 saturated heterocycles. The Morgan fingerprint density at radius 2 is 2.08 bits per heavy atom. The van der Waals surface area contributed by atoms with Gasteiger partial charge in [0.1, 0.15) is 0 Å². The van der Waals surface area contributed by atoms with Crippen molar-refractivity contribution in [3.8, 4) is 5.69 Å². The minimum atomic E-state index is -0.479. The van der Waals surface area contributed by atoms with E-state index in [4.69, 9.17) is 0 Å². The quantitative estimate of drug-likeness (QED) is 0.816. The SMILES string of the molecule is CCNC(=O)NC(=O)[C@@H](C)Sc1nccn1-c1ccc(C)cc1C. The van der Waals surface area contributed by atoms with Gasteiger partial charge in [0.2, 0.25) is 5.91 Å². The molecular formula is C17H22N4O2S. The average Bonchev–Trinajstić information content (AvgIpc) is 2.95. The van der Waals surface area contributed by atoms with Crippen molar-refractivity contribution in [3.05, 3.63) is 41.7 Å². The lowest BCUT2D eigenvalue weighted by atomic mass is 10.1. The maximum atomic E-state index is 12.1. The molecular weight excluding hydrogens is 324 g/mol. The Kier molecular flexibility index (Phi) is 6.03. The van der Waals surface area contributed by atoms with Crippen molar-refractivity contribution in [1.29, 1.82) is 0 Å². The fourth-order valence-corrected chi connectivity index (χ4v) is 3.14. The third-order valence-corrected chi connectivity index (χ3v) is 4.52. The number of imide groups is 1. The molecule has 0 unspecified atom stereocenters. The highest BCUT2D eigenvalue weighted by Gasteiger charge is 2.19. The molecule has 0 radical (unpaired) electrons. The monoisotopic (exact) mass is 346 g/mol. The standard InChI is InChI=1S/C17H22N4O2S/c1-5-18-16(23)20-15(22)13(4)24-17-19-8-9-21(17)14-7-6-11(2)10-12(14)3/h6-10,13H,5H2,1-4H3,(H2,18,20,22,23)/t13-/m1/s1. The van der Waals surface area contributed by atoms with E-state index in [2.05, 4.69) is 21.7 Å². The highest BCUT2D eigenvalue weighted by Crippen LogP contribution is 2.26. The Hall–Kier alpha value is -2.28. The van der Waals surface area contributed by atoms with Gasteiger partial charge in [0.15, 0.2) is 5.16 Å². The molecule has 0 bridgehead atoms. The topological polar surface area (TPSA) is 76.0 Å². The Bertz CT molecular complexity index is 742. The van der Waals surface area contributed by atoms with E-state index in [0.717, 1.165) is 11.3 Å². The lowest BCUT2D eigenvalue weighted by molar-refractivity contribution is -0.119. The molecule has 1 aromatic heterocycles. The molecule has 0 fully saturated rings. The molecule has 2 N–H and O–H groups in total. The maximum Gasteiger partial charge on any atom is 0.321 e. The molecule has 3 amide bonds. The molecule has 0 saturated carbocycles. The van der Waals surface area contributed by atoms with Gasteiger partial charge in [-0.1, -0.05) is 29.5 Å². The number of nitrogens with zero attached hydrogens (tertiary/aromatic N) is 2. The van der Waals surface area contributed by atoms with E-state index in [1.54, 1.807) is 20.0 Å². The van der Waals surface area contributed by atoms with Gasteiger partial charge in [0.05, 0.1) is 10.9 Å². The summed E-state index contributed by atoms with van der Waals surface area (Å²) < 4.78 is 1.95. The van der Waals surface area contributed by atoms with Gasteiger partial charge in [-0.15, -0.1) is 0 Å². The number of amides is 3. The van der Waals surface area contributed by atoms with Crippen LogP contribution in [-0.4, -0.2) is 33.3 Å². The van der Waals surface area contributed by atoms with Crippen LogP contribution in [-0.2, 0) is 4.79 Å². The molecule has 0 spiro atoms. The Labute approximate surface area is 146 Å². The number of carbonyl (C=O) groups excluding carboxylic acids is 2. The van der Waals surface area contributed by atoms with Crippen molar-refractivity contribution in [2.24, 2.45) is 0 Å².